The molecule has 0 fully saturated rings. The van der Waals surface area contributed by atoms with E-state index in [-0.39, 0.29) is 0 Å². The fourth-order valence-corrected chi connectivity index (χ4v) is 1.87. The number of carbonyl (C=O) groups is 3. The number of nitrogens with one attached hydrogen (secondary N) is 1. The van der Waals surface area contributed by atoms with E-state index in [9.17, 15) is 14.4 Å². The van der Waals surface area contributed by atoms with Crippen LogP contribution in [0.4, 0.5) is 10.5 Å². The normalized spacial score (nSPS) is 11.5. The summed E-state index contributed by atoms with van der Waals surface area (Å²) in [5.41, 5.74) is 6.61. The van der Waals surface area contributed by atoms with E-state index >= 15 is 0 Å². The molecule has 0 aromatic heterocycles. The van der Waals surface area contributed by atoms with Crippen LogP contribution in [0.2, 0.25) is 0 Å². The van der Waals surface area contributed by atoms with Crippen molar-refractivity contribution in [1.29, 1.82) is 0 Å². The van der Waals surface area contributed by atoms with E-state index in [1.54, 1.807) is 19.1 Å². The highest BCUT2D eigenvalue weighted by molar-refractivity contribution is 5.95. The lowest BCUT2D eigenvalue weighted by Gasteiger charge is -2.24. The zero-order valence-corrected chi connectivity index (χ0v) is 12.0. The van der Waals surface area contributed by atoms with Gasteiger partial charge >= 0.3 is 12.0 Å². The molecule has 0 bridgehead atoms. The van der Waals surface area contributed by atoms with E-state index in [4.69, 9.17) is 10.8 Å². The summed E-state index contributed by atoms with van der Waals surface area (Å²) in [5.74, 6) is -2.09. The van der Waals surface area contributed by atoms with Gasteiger partial charge in [0.15, 0.2) is 0 Å². The number of aryl methyl sites for hydroxylation is 1. The standard InChI is InChI=1S/C14H19N3O4/c1-3-17(10-6-4-5-9(2)7-10)14(21)16-11(13(19)20)8-12(15)18/h4-7,11H,3,8H2,1-2H3,(H2,15,18)(H,16,21)(H,19,20)/t11-/m0/s1. The number of hydrogen-bond donors (Lipinski definition) is 3. The van der Waals surface area contributed by atoms with Crippen LogP contribution in [0.3, 0.4) is 0 Å². The predicted molar refractivity (Wildman–Crippen MR) is 78.0 cm³/mol. The fourth-order valence-electron chi connectivity index (χ4n) is 1.87. The third-order valence-corrected chi connectivity index (χ3v) is 2.88. The van der Waals surface area contributed by atoms with Gasteiger partial charge in [-0.15, -0.1) is 0 Å². The maximum atomic E-state index is 12.2. The first-order chi connectivity index (χ1) is 9.85. The molecular weight excluding hydrogens is 274 g/mol. The molecule has 7 heteroatoms. The van der Waals surface area contributed by atoms with Crippen LogP contribution in [0.5, 0.6) is 0 Å². The fraction of sp³-hybridized carbons (Fsp3) is 0.357. The van der Waals surface area contributed by atoms with Crippen molar-refractivity contribution < 1.29 is 19.5 Å². The van der Waals surface area contributed by atoms with Gasteiger partial charge in [0.25, 0.3) is 0 Å². The Bertz CT molecular complexity index is 545. The first-order valence-electron chi connectivity index (χ1n) is 6.51. The molecule has 1 aromatic rings. The number of benzene rings is 1. The summed E-state index contributed by atoms with van der Waals surface area (Å²) >= 11 is 0. The number of aliphatic carboxylic acids is 1. The van der Waals surface area contributed by atoms with Crippen molar-refractivity contribution in [2.45, 2.75) is 26.3 Å². The molecule has 1 aromatic carbocycles. The number of primary amides is 1. The molecule has 0 aliphatic heterocycles. The Hall–Kier alpha value is -2.57. The molecule has 21 heavy (non-hydrogen) atoms. The van der Waals surface area contributed by atoms with Crippen molar-refractivity contribution in [3.63, 3.8) is 0 Å². The molecule has 114 valence electrons. The summed E-state index contributed by atoms with van der Waals surface area (Å²) in [7, 11) is 0. The average molecular weight is 293 g/mol. The van der Waals surface area contributed by atoms with Crippen molar-refractivity contribution in [3.05, 3.63) is 29.8 Å². The summed E-state index contributed by atoms with van der Waals surface area (Å²) in [4.78, 5) is 35.4. The van der Waals surface area contributed by atoms with Gasteiger partial charge in [-0.3, -0.25) is 9.69 Å². The highest BCUT2D eigenvalue weighted by atomic mass is 16.4. The predicted octanol–water partition coefficient (Wildman–Crippen LogP) is 0.860. The van der Waals surface area contributed by atoms with Crippen molar-refractivity contribution in [1.82, 2.24) is 5.32 Å². The molecule has 1 atom stereocenters. The van der Waals surface area contributed by atoms with Gasteiger partial charge in [-0.2, -0.15) is 0 Å². The lowest BCUT2D eigenvalue weighted by Crippen LogP contribution is -2.49. The van der Waals surface area contributed by atoms with E-state index in [1.807, 2.05) is 19.1 Å². The first kappa shape index (κ1) is 16.5. The molecule has 4 N–H and O–H groups in total. The summed E-state index contributed by atoms with van der Waals surface area (Å²) < 4.78 is 0. The summed E-state index contributed by atoms with van der Waals surface area (Å²) in [6.45, 7) is 4.02. The molecule has 0 aliphatic rings. The van der Waals surface area contributed by atoms with Crippen molar-refractivity contribution in [3.8, 4) is 0 Å². The molecule has 0 aliphatic carbocycles. The second kappa shape index (κ2) is 7.28. The Morgan fingerprint density at radius 1 is 1.38 bits per heavy atom. The maximum absolute atomic E-state index is 12.2. The largest absolute Gasteiger partial charge is 0.480 e. The Morgan fingerprint density at radius 2 is 2.05 bits per heavy atom. The molecule has 3 amide bonds. The number of urea groups is 1. The monoisotopic (exact) mass is 293 g/mol. The number of carboxylic acids is 1. The third-order valence-electron chi connectivity index (χ3n) is 2.88. The van der Waals surface area contributed by atoms with Gasteiger partial charge in [-0.05, 0) is 31.5 Å². The quantitative estimate of drug-likeness (QED) is 0.722. The molecule has 0 radical (unpaired) electrons. The highest BCUT2D eigenvalue weighted by Crippen LogP contribution is 2.16. The maximum Gasteiger partial charge on any atom is 0.326 e. The zero-order chi connectivity index (χ0) is 16.0. The van der Waals surface area contributed by atoms with Gasteiger partial charge in [0.1, 0.15) is 6.04 Å². The smallest absolute Gasteiger partial charge is 0.326 e. The minimum absolute atomic E-state index is 0.359. The average Bonchev–Trinajstić information content (AvgIpc) is 2.38. The number of rotatable bonds is 6. The third kappa shape index (κ3) is 4.79. The molecule has 0 spiro atoms. The van der Waals surface area contributed by atoms with Gasteiger partial charge in [0, 0.05) is 12.2 Å². The summed E-state index contributed by atoms with van der Waals surface area (Å²) in [6, 6.07) is 5.33. The second-order valence-electron chi connectivity index (χ2n) is 4.59. The Labute approximate surface area is 122 Å². The zero-order valence-electron chi connectivity index (χ0n) is 12.0. The molecule has 0 unspecified atom stereocenters. The van der Waals surface area contributed by atoms with Crippen molar-refractivity contribution in [2.24, 2.45) is 5.73 Å². The van der Waals surface area contributed by atoms with Crippen LogP contribution in [0.25, 0.3) is 0 Å². The van der Waals surface area contributed by atoms with Gasteiger partial charge in [-0.1, -0.05) is 12.1 Å². The summed E-state index contributed by atoms with van der Waals surface area (Å²) in [6.07, 6.45) is -0.452. The van der Waals surface area contributed by atoms with Gasteiger partial charge in [-0.25, -0.2) is 9.59 Å². The number of carbonyl (C=O) groups excluding carboxylic acids is 2. The Morgan fingerprint density at radius 3 is 2.52 bits per heavy atom. The van der Waals surface area contributed by atoms with Gasteiger partial charge in [0.2, 0.25) is 5.91 Å². The van der Waals surface area contributed by atoms with E-state index in [0.717, 1.165) is 5.56 Å². The van der Waals surface area contributed by atoms with E-state index in [0.29, 0.717) is 12.2 Å². The van der Waals surface area contributed by atoms with Crippen LogP contribution in [0, 0.1) is 6.92 Å². The Balaban J connectivity index is 2.88. The number of nitrogens with zero attached hydrogens (tertiary/aromatic N) is 1. The minimum atomic E-state index is -1.34. The number of hydrogen-bond acceptors (Lipinski definition) is 3. The number of amides is 3. The van der Waals surface area contributed by atoms with Crippen molar-refractivity contribution in [2.75, 3.05) is 11.4 Å². The SMILES string of the molecule is CCN(C(=O)N[C@@H](CC(N)=O)C(=O)O)c1cccc(C)c1. The number of anilines is 1. The first-order valence-corrected chi connectivity index (χ1v) is 6.51. The van der Waals surface area contributed by atoms with Gasteiger partial charge in [0.05, 0.1) is 6.42 Å². The van der Waals surface area contributed by atoms with Crippen LogP contribution in [-0.2, 0) is 9.59 Å². The lowest BCUT2D eigenvalue weighted by molar-refractivity contribution is -0.140. The van der Waals surface area contributed by atoms with E-state index in [1.165, 1.54) is 4.90 Å². The van der Waals surface area contributed by atoms with Crippen LogP contribution in [-0.4, -0.2) is 35.6 Å². The van der Waals surface area contributed by atoms with Crippen LogP contribution in [0.1, 0.15) is 18.9 Å². The van der Waals surface area contributed by atoms with Crippen LogP contribution < -0.4 is 16.0 Å². The van der Waals surface area contributed by atoms with E-state index in [2.05, 4.69) is 5.32 Å². The highest BCUT2D eigenvalue weighted by Gasteiger charge is 2.24. The molecule has 7 nitrogen and oxygen atoms in total. The molecule has 0 saturated heterocycles. The van der Waals surface area contributed by atoms with Crippen molar-refractivity contribution >= 4 is 23.6 Å². The lowest BCUT2D eigenvalue weighted by atomic mass is 10.2. The molecule has 0 heterocycles. The topological polar surface area (TPSA) is 113 Å². The van der Waals surface area contributed by atoms with E-state index < -0.39 is 30.4 Å². The molecule has 1 rings (SSSR count). The molecular formula is C14H19N3O4. The number of carboxylic acid groups (broad SMARTS) is 1. The van der Waals surface area contributed by atoms with Gasteiger partial charge < -0.3 is 16.2 Å². The minimum Gasteiger partial charge on any atom is -0.480 e. The van der Waals surface area contributed by atoms with Crippen LogP contribution >= 0.6 is 0 Å². The molecule has 0 saturated carbocycles. The number of nitrogens with two attached hydrogens (primary N) is 1. The second-order valence-corrected chi connectivity index (χ2v) is 4.59. The van der Waals surface area contributed by atoms with Crippen LogP contribution in [0.15, 0.2) is 24.3 Å². The Kier molecular flexibility index (Phi) is 5.71. The summed E-state index contributed by atoms with van der Waals surface area (Å²) in [5, 5.41) is 11.3.